The Balaban J connectivity index is 1.41. The first-order valence-electron chi connectivity index (χ1n) is 9.88. The van der Waals surface area contributed by atoms with Crippen LogP contribution in [0.25, 0.3) is 0 Å². The average molecular weight is 378 g/mol. The fourth-order valence-electron chi connectivity index (χ4n) is 4.34. The van der Waals surface area contributed by atoms with Gasteiger partial charge in [0.15, 0.2) is 0 Å². The number of carbonyl (C=O) groups is 2. The molecule has 146 valence electrons. The Morgan fingerprint density at radius 3 is 2.79 bits per heavy atom. The maximum atomic E-state index is 13.2. The van der Waals surface area contributed by atoms with E-state index in [4.69, 9.17) is 4.74 Å². The number of methoxy groups -OCH3 is 1. The summed E-state index contributed by atoms with van der Waals surface area (Å²) in [4.78, 5) is 29.4. The van der Waals surface area contributed by atoms with Gasteiger partial charge in [0.25, 0.3) is 0 Å². The summed E-state index contributed by atoms with van der Waals surface area (Å²) in [6.45, 7) is 3.21. The van der Waals surface area contributed by atoms with E-state index in [-0.39, 0.29) is 23.8 Å². The number of amides is 2. The minimum absolute atomic E-state index is 0.0707. The summed E-state index contributed by atoms with van der Waals surface area (Å²) in [5, 5.41) is 0. The van der Waals surface area contributed by atoms with Gasteiger partial charge in [-0.15, -0.1) is 0 Å². The van der Waals surface area contributed by atoms with Crippen molar-refractivity contribution in [1.82, 2.24) is 4.90 Å². The standard InChI is InChI=1S/C23H26N2O3/c1-16-12-18-7-3-4-9-21(18)25(16)23(27)19-14-22(26)24(15-19)11-10-17-6-5-8-20(13-17)28-2/h3-9,13,16,19H,10-12,14-15H2,1-2H3. The summed E-state index contributed by atoms with van der Waals surface area (Å²) in [6.07, 6.45) is 1.94. The third-order valence-electron chi connectivity index (χ3n) is 5.81. The molecule has 1 fully saturated rings. The lowest BCUT2D eigenvalue weighted by atomic mass is 10.1. The summed E-state index contributed by atoms with van der Waals surface area (Å²) in [7, 11) is 1.65. The van der Waals surface area contributed by atoms with Gasteiger partial charge in [0.2, 0.25) is 11.8 Å². The summed E-state index contributed by atoms with van der Waals surface area (Å²) in [5.41, 5.74) is 3.34. The molecule has 0 N–H and O–H groups in total. The van der Waals surface area contributed by atoms with Crippen LogP contribution in [-0.2, 0) is 22.4 Å². The zero-order chi connectivity index (χ0) is 19.7. The molecule has 2 aromatic rings. The number of anilines is 1. The maximum Gasteiger partial charge on any atom is 0.232 e. The topological polar surface area (TPSA) is 49.9 Å². The second kappa shape index (κ2) is 7.66. The molecule has 2 heterocycles. The Morgan fingerprint density at radius 2 is 1.96 bits per heavy atom. The lowest BCUT2D eigenvalue weighted by Gasteiger charge is -2.26. The van der Waals surface area contributed by atoms with E-state index in [2.05, 4.69) is 13.0 Å². The van der Waals surface area contributed by atoms with Gasteiger partial charge >= 0.3 is 0 Å². The summed E-state index contributed by atoms with van der Waals surface area (Å²) in [5.74, 6) is 0.711. The molecule has 0 saturated carbocycles. The van der Waals surface area contributed by atoms with Crippen molar-refractivity contribution in [2.75, 3.05) is 25.1 Å². The SMILES string of the molecule is COc1cccc(CCN2CC(C(=O)N3c4ccccc4CC3C)CC2=O)c1. The number of hydrogen-bond donors (Lipinski definition) is 0. The van der Waals surface area contributed by atoms with Crippen molar-refractivity contribution >= 4 is 17.5 Å². The van der Waals surface area contributed by atoms with Gasteiger partial charge in [0.1, 0.15) is 5.75 Å². The molecule has 2 aromatic carbocycles. The second-order valence-electron chi connectivity index (χ2n) is 7.73. The number of nitrogens with zero attached hydrogens (tertiary/aromatic N) is 2. The number of para-hydroxylation sites is 1. The maximum absolute atomic E-state index is 13.2. The van der Waals surface area contributed by atoms with Crippen molar-refractivity contribution in [3.05, 3.63) is 59.7 Å². The molecule has 2 unspecified atom stereocenters. The monoisotopic (exact) mass is 378 g/mol. The molecule has 28 heavy (non-hydrogen) atoms. The van der Waals surface area contributed by atoms with E-state index in [1.165, 1.54) is 5.56 Å². The normalized spacial score (nSPS) is 21.1. The Labute approximate surface area is 165 Å². The Morgan fingerprint density at radius 1 is 1.14 bits per heavy atom. The Bertz CT molecular complexity index is 895. The van der Waals surface area contributed by atoms with Crippen LogP contribution in [-0.4, -0.2) is 43.0 Å². The fraction of sp³-hybridized carbons (Fsp3) is 0.391. The van der Waals surface area contributed by atoms with Gasteiger partial charge in [-0.2, -0.15) is 0 Å². The van der Waals surface area contributed by atoms with Crippen LogP contribution >= 0.6 is 0 Å². The molecule has 2 aliphatic heterocycles. The zero-order valence-corrected chi connectivity index (χ0v) is 16.4. The number of rotatable bonds is 5. The van der Waals surface area contributed by atoms with E-state index in [0.717, 1.165) is 29.8 Å². The predicted molar refractivity (Wildman–Crippen MR) is 108 cm³/mol. The third-order valence-corrected chi connectivity index (χ3v) is 5.81. The Hall–Kier alpha value is -2.82. The largest absolute Gasteiger partial charge is 0.497 e. The smallest absolute Gasteiger partial charge is 0.232 e. The second-order valence-corrected chi connectivity index (χ2v) is 7.73. The molecule has 0 radical (unpaired) electrons. The molecule has 0 aromatic heterocycles. The molecule has 0 spiro atoms. The first-order chi connectivity index (χ1) is 13.6. The van der Waals surface area contributed by atoms with E-state index in [0.29, 0.717) is 19.5 Å². The van der Waals surface area contributed by atoms with Gasteiger partial charge in [0.05, 0.1) is 13.0 Å². The first-order valence-corrected chi connectivity index (χ1v) is 9.88. The van der Waals surface area contributed by atoms with Crippen LogP contribution in [0.2, 0.25) is 0 Å². The third kappa shape index (κ3) is 3.49. The molecule has 2 atom stereocenters. The highest BCUT2D eigenvalue weighted by molar-refractivity contribution is 6.01. The molecule has 5 nitrogen and oxygen atoms in total. The lowest BCUT2D eigenvalue weighted by molar-refractivity contribution is -0.128. The minimum Gasteiger partial charge on any atom is -0.497 e. The quantitative estimate of drug-likeness (QED) is 0.803. The molecule has 0 aliphatic carbocycles. The first kappa shape index (κ1) is 18.5. The number of likely N-dealkylation sites (tertiary alicyclic amines) is 1. The highest BCUT2D eigenvalue weighted by Crippen LogP contribution is 2.34. The summed E-state index contributed by atoms with van der Waals surface area (Å²) < 4.78 is 5.26. The average Bonchev–Trinajstić information content (AvgIpc) is 3.25. The Kier molecular flexibility index (Phi) is 5.07. The van der Waals surface area contributed by atoms with E-state index in [1.54, 1.807) is 7.11 Å². The van der Waals surface area contributed by atoms with Crippen molar-refractivity contribution in [2.24, 2.45) is 5.92 Å². The molecule has 5 heteroatoms. The van der Waals surface area contributed by atoms with Crippen molar-refractivity contribution in [3.8, 4) is 5.75 Å². The van der Waals surface area contributed by atoms with Crippen LogP contribution in [0.5, 0.6) is 5.75 Å². The van der Waals surface area contributed by atoms with Gasteiger partial charge in [0, 0.05) is 31.2 Å². The number of ether oxygens (including phenoxy) is 1. The van der Waals surface area contributed by atoms with Gasteiger partial charge in [-0.05, 0) is 49.1 Å². The molecule has 0 bridgehead atoms. The molecule has 2 amide bonds. The summed E-state index contributed by atoms with van der Waals surface area (Å²) >= 11 is 0. The highest BCUT2D eigenvalue weighted by Gasteiger charge is 2.40. The van der Waals surface area contributed by atoms with Crippen LogP contribution in [0.1, 0.15) is 24.5 Å². The van der Waals surface area contributed by atoms with Crippen LogP contribution in [0.4, 0.5) is 5.69 Å². The number of carbonyl (C=O) groups excluding carboxylic acids is 2. The molecule has 1 saturated heterocycles. The van der Waals surface area contributed by atoms with Crippen molar-refractivity contribution in [1.29, 1.82) is 0 Å². The summed E-state index contributed by atoms with van der Waals surface area (Å²) in [6, 6.07) is 16.1. The zero-order valence-electron chi connectivity index (χ0n) is 16.4. The van der Waals surface area contributed by atoms with Crippen molar-refractivity contribution in [2.45, 2.75) is 32.2 Å². The lowest BCUT2D eigenvalue weighted by Crippen LogP contribution is -2.41. The highest BCUT2D eigenvalue weighted by atomic mass is 16.5. The van der Waals surface area contributed by atoms with E-state index >= 15 is 0 Å². The van der Waals surface area contributed by atoms with Gasteiger partial charge < -0.3 is 14.5 Å². The van der Waals surface area contributed by atoms with Crippen molar-refractivity contribution < 1.29 is 14.3 Å². The number of benzene rings is 2. The fourth-order valence-corrected chi connectivity index (χ4v) is 4.34. The molecule has 2 aliphatic rings. The van der Waals surface area contributed by atoms with Crippen molar-refractivity contribution in [3.63, 3.8) is 0 Å². The molecular formula is C23H26N2O3. The predicted octanol–water partition coefficient (Wildman–Crippen LogP) is 3.06. The van der Waals surface area contributed by atoms with Gasteiger partial charge in [-0.25, -0.2) is 0 Å². The number of fused-ring (bicyclic) bond motifs is 1. The van der Waals surface area contributed by atoms with E-state index in [9.17, 15) is 9.59 Å². The van der Waals surface area contributed by atoms with Gasteiger partial charge in [-0.3, -0.25) is 9.59 Å². The van der Waals surface area contributed by atoms with Gasteiger partial charge in [-0.1, -0.05) is 30.3 Å². The minimum atomic E-state index is -0.258. The van der Waals surface area contributed by atoms with Crippen LogP contribution in [0.15, 0.2) is 48.5 Å². The number of hydrogen-bond acceptors (Lipinski definition) is 3. The molecular weight excluding hydrogens is 352 g/mol. The van der Waals surface area contributed by atoms with E-state index in [1.807, 2.05) is 52.3 Å². The van der Waals surface area contributed by atoms with E-state index < -0.39 is 0 Å². The molecule has 4 rings (SSSR count). The van der Waals surface area contributed by atoms with Crippen LogP contribution in [0.3, 0.4) is 0 Å². The van der Waals surface area contributed by atoms with Crippen LogP contribution in [0, 0.1) is 5.92 Å². The van der Waals surface area contributed by atoms with Crippen LogP contribution < -0.4 is 9.64 Å².